The molecule has 1 saturated heterocycles. The lowest BCUT2D eigenvalue weighted by Gasteiger charge is -2.34. The van der Waals surface area contributed by atoms with Gasteiger partial charge < -0.3 is 19.3 Å². The zero-order valence-electron chi connectivity index (χ0n) is 12.5. The minimum Gasteiger partial charge on any atom is -0.372 e. The lowest BCUT2D eigenvalue weighted by molar-refractivity contribution is -0.144. The van der Waals surface area contributed by atoms with Crippen LogP contribution in [0, 0.1) is 0 Å². The molecule has 0 unspecified atom stereocenters. The van der Waals surface area contributed by atoms with Crippen molar-refractivity contribution >= 4 is 0 Å². The summed E-state index contributed by atoms with van der Waals surface area (Å²) in [5.74, 6) is 0. The van der Waals surface area contributed by atoms with E-state index in [1.54, 1.807) is 0 Å². The molecule has 0 radical (unpaired) electrons. The van der Waals surface area contributed by atoms with Crippen LogP contribution in [-0.4, -0.2) is 74.5 Å². The van der Waals surface area contributed by atoms with Crippen LogP contribution in [0.5, 0.6) is 0 Å². The zero-order valence-corrected chi connectivity index (χ0v) is 12.5. The van der Waals surface area contributed by atoms with Crippen LogP contribution in [-0.2, 0) is 9.47 Å². The average Bonchev–Trinajstić information content (AvgIpc) is 2.43. The first-order valence-electron chi connectivity index (χ1n) is 7.41. The summed E-state index contributed by atoms with van der Waals surface area (Å²) in [5.41, 5.74) is 0. The molecule has 0 spiro atoms. The molecule has 1 rings (SSSR count). The molecule has 18 heavy (non-hydrogen) atoms. The summed E-state index contributed by atoms with van der Waals surface area (Å²) in [6.45, 7) is 16.6. The van der Waals surface area contributed by atoms with Gasteiger partial charge in [-0.1, -0.05) is 27.7 Å². The fourth-order valence-electron chi connectivity index (χ4n) is 2.33. The zero-order chi connectivity index (χ0) is 13.4. The topological polar surface area (TPSA) is 24.9 Å². The number of likely N-dealkylation sites (N-methyl/N-ethyl adjacent to an activating group) is 2. The van der Waals surface area contributed by atoms with Crippen LogP contribution in [0.4, 0.5) is 0 Å². The van der Waals surface area contributed by atoms with E-state index in [2.05, 4.69) is 37.5 Å². The van der Waals surface area contributed by atoms with E-state index in [4.69, 9.17) is 9.47 Å². The second kappa shape index (κ2) is 8.86. The highest BCUT2D eigenvalue weighted by Crippen LogP contribution is 2.10. The molecule has 1 aliphatic heterocycles. The van der Waals surface area contributed by atoms with Gasteiger partial charge >= 0.3 is 0 Å². The van der Waals surface area contributed by atoms with Crippen molar-refractivity contribution in [3.8, 4) is 0 Å². The van der Waals surface area contributed by atoms with Gasteiger partial charge in [0.1, 0.15) is 0 Å². The van der Waals surface area contributed by atoms with Crippen LogP contribution >= 0.6 is 0 Å². The van der Waals surface area contributed by atoms with Crippen LogP contribution < -0.4 is 0 Å². The van der Waals surface area contributed by atoms with E-state index >= 15 is 0 Å². The minimum atomic E-state index is 0.248. The first-order chi connectivity index (χ1) is 8.73. The number of rotatable bonds is 8. The Balaban J connectivity index is 2.23. The molecule has 4 nitrogen and oxygen atoms in total. The molecule has 1 fully saturated rings. The van der Waals surface area contributed by atoms with Crippen LogP contribution in [0.15, 0.2) is 0 Å². The molecule has 108 valence electrons. The van der Waals surface area contributed by atoms with E-state index in [0.29, 0.717) is 0 Å². The SMILES string of the molecule is CCN(CC)C[C@@H]1CO[C@H](CN(CC)CC)CO1. The van der Waals surface area contributed by atoms with Crippen molar-refractivity contribution in [2.75, 3.05) is 52.5 Å². The van der Waals surface area contributed by atoms with E-state index in [1.807, 2.05) is 0 Å². The number of ether oxygens (including phenoxy) is 2. The second-order valence-corrected chi connectivity index (χ2v) is 4.88. The maximum absolute atomic E-state index is 5.92. The molecule has 0 aromatic carbocycles. The average molecular weight is 258 g/mol. The van der Waals surface area contributed by atoms with Crippen LogP contribution in [0.25, 0.3) is 0 Å². The predicted molar refractivity (Wildman–Crippen MR) is 75.1 cm³/mol. The molecular weight excluding hydrogens is 228 g/mol. The summed E-state index contributed by atoms with van der Waals surface area (Å²) in [6, 6.07) is 0. The van der Waals surface area contributed by atoms with Crippen molar-refractivity contribution in [3.05, 3.63) is 0 Å². The maximum atomic E-state index is 5.92. The van der Waals surface area contributed by atoms with Gasteiger partial charge in [-0.3, -0.25) is 0 Å². The van der Waals surface area contributed by atoms with E-state index < -0.39 is 0 Å². The normalized spacial score (nSPS) is 25.0. The Kier molecular flexibility index (Phi) is 7.82. The standard InChI is InChI=1S/C14H30N2O2/c1-5-15(6-2)9-13-11-18-14(12-17-13)10-16(7-3)8-4/h13-14H,5-12H2,1-4H3/t13-,14-/m1/s1. The summed E-state index contributed by atoms with van der Waals surface area (Å²) in [7, 11) is 0. The third-order valence-corrected chi connectivity index (χ3v) is 3.75. The molecular formula is C14H30N2O2. The van der Waals surface area contributed by atoms with Crippen molar-refractivity contribution in [3.63, 3.8) is 0 Å². The van der Waals surface area contributed by atoms with Crippen LogP contribution in [0.2, 0.25) is 0 Å². The lowest BCUT2D eigenvalue weighted by atomic mass is 10.2. The third kappa shape index (κ3) is 5.22. The first kappa shape index (κ1) is 15.9. The summed E-state index contributed by atoms with van der Waals surface area (Å²) >= 11 is 0. The van der Waals surface area contributed by atoms with Crippen molar-refractivity contribution in [2.24, 2.45) is 0 Å². The highest BCUT2D eigenvalue weighted by Gasteiger charge is 2.24. The van der Waals surface area contributed by atoms with Crippen molar-refractivity contribution in [2.45, 2.75) is 39.9 Å². The molecule has 0 saturated carbocycles. The van der Waals surface area contributed by atoms with Gasteiger partial charge in [0.15, 0.2) is 0 Å². The van der Waals surface area contributed by atoms with Crippen molar-refractivity contribution in [1.29, 1.82) is 0 Å². The van der Waals surface area contributed by atoms with Crippen LogP contribution in [0.1, 0.15) is 27.7 Å². The second-order valence-electron chi connectivity index (χ2n) is 4.88. The largest absolute Gasteiger partial charge is 0.372 e. The van der Waals surface area contributed by atoms with Gasteiger partial charge in [0.2, 0.25) is 0 Å². The van der Waals surface area contributed by atoms with E-state index in [9.17, 15) is 0 Å². The first-order valence-corrected chi connectivity index (χ1v) is 7.41. The van der Waals surface area contributed by atoms with Gasteiger partial charge in [-0.15, -0.1) is 0 Å². The summed E-state index contributed by atoms with van der Waals surface area (Å²) in [4.78, 5) is 4.78. The predicted octanol–water partition coefficient (Wildman–Crippen LogP) is 1.45. The Morgan fingerprint density at radius 3 is 1.28 bits per heavy atom. The molecule has 1 heterocycles. The number of hydrogen-bond donors (Lipinski definition) is 0. The van der Waals surface area contributed by atoms with Gasteiger partial charge in [0, 0.05) is 13.1 Å². The molecule has 4 heteroatoms. The molecule has 2 atom stereocenters. The summed E-state index contributed by atoms with van der Waals surface area (Å²) < 4.78 is 11.8. The maximum Gasteiger partial charge on any atom is 0.0936 e. The third-order valence-electron chi connectivity index (χ3n) is 3.75. The Morgan fingerprint density at radius 2 is 1.06 bits per heavy atom. The minimum absolute atomic E-state index is 0.248. The molecule has 0 bridgehead atoms. The van der Waals surface area contributed by atoms with Gasteiger partial charge in [-0.2, -0.15) is 0 Å². The van der Waals surface area contributed by atoms with E-state index in [1.165, 1.54) is 0 Å². The Hall–Kier alpha value is -0.160. The lowest BCUT2D eigenvalue weighted by Crippen LogP contribution is -2.46. The molecule has 1 aliphatic rings. The van der Waals surface area contributed by atoms with E-state index in [0.717, 1.165) is 52.5 Å². The van der Waals surface area contributed by atoms with Crippen molar-refractivity contribution < 1.29 is 9.47 Å². The summed E-state index contributed by atoms with van der Waals surface area (Å²) in [5, 5.41) is 0. The van der Waals surface area contributed by atoms with Gasteiger partial charge in [0.05, 0.1) is 25.4 Å². The number of hydrogen-bond acceptors (Lipinski definition) is 4. The fraction of sp³-hybridized carbons (Fsp3) is 1.00. The monoisotopic (exact) mass is 258 g/mol. The van der Waals surface area contributed by atoms with E-state index in [-0.39, 0.29) is 12.2 Å². The number of nitrogens with zero attached hydrogens (tertiary/aromatic N) is 2. The van der Waals surface area contributed by atoms with Gasteiger partial charge in [-0.05, 0) is 26.2 Å². The Morgan fingerprint density at radius 1 is 0.722 bits per heavy atom. The molecule has 0 amide bonds. The molecule has 0 aromatic rings. The Labute approximate surface area is 112 Å². The van der Waals surface area contributed by atoms with Crippen molar-refractivity contribution in [1.82, 2.24) is 9.80 Å². The smallest absolute Gasteiger partial charge is 0.0936 e. The molecule has 0 aromatic heterocycles. The quantitative estimate of drug-likeness (QED) is 0.658. The molecule has 0 N–H and O–H groups in total. The van der Waals surface area contributed by atoms with Gasteiger partial charge in [0.25, 0.3) is 0 Å². The van der Waals surface area contributed by atoms with Crippen LogP contribution in [0.3, 0.4) is 0 Å². The highest BCUT2D eigenvalue weighted by atomic mass is 16.6. The molecule has 0 aliphatic carbocycles. The Bertz CT molecular complexity index is 176. The summed E-state index contributed by atoms with van der Waals surface area (Å²) in [6.07, 6.45) is 0.496. The van der Waals surface area contributed by atoms with Gasteiger partial charge in [-0.25, -0.2) is 0 Å². The highest BCUT2D eigenvalue weighted by molar-refractivity contribution is 4.73. The fourth-order valence-corrected chi connectivity index (χ4v) is 2.33.